The second kappa shape index (κ2) is 5.66. The van der Waals surface area contributed by atoms with Crippen LogP contribution in [-0.4, -0.2) is 6.04 Å². The average molecular weight is 192 g/mol. The molecule has 0 aliphatic rings. The molecule has 2 heteroatoms. The van der Waals surface area contributed by atoms with Crippen molar-refractivity contribution >= 4 is 5.69 Å². The first kappa shape index (κ1) is 11.1. The van der Waals surface area contributed by atoms with Crippen molar-refractivity contribution in [2.24, 2.45) is 0 Å². The van der Waals surface area contributed by atoms with Crippen LogP contribution in [0.1, 0.15) is 32.3 Å². The molecule has 0 aromatic heterocycles. The van der Waals surface area contributed by atoms with Crippen LogP contribution < -0.4 is 11.1 Å². The van der Waals surface area contributed by atoms with Crippen LogP contribution >= 0.6 is 0 Å². The normalized spacial score (nSPS) is 12.7. The second-order valence-corrected chi connectivity index (χ2v) is 3.82. The van der Waals surface area contributed by atoms with E-state index in [4.69, 9.17) is 5.73 Å². The Labute approximate surface area is 86.5 Å². The monoisotopic (exact) mass is 192 g/mol. The minimum absolute atomic E-state index is 0.585. The van der Waals surface area contributed by atoms with Gasteiger partial charge in [-0.15, -0.1) is 0 Å². The molecule has 3 N–H and O–H groups in total. The summed E-state index contributed by atoms with van der Waals surface area (Å²) in [5.74, 6) is 0. The summed E-state index contributed by atoms with van der Waals surface area (Å²) >= 11 is 0. The van der Waals surface area contributed by atoms with Gasteiger partial charge in [0.1, 0.15) is 0 Å². The maximum absolute atomic E-state index is 5.70. The van der Waals surface area contributed by atoms with Crippen molar-refractivity contribution in [2.45, 2.75) is 39.3 Å². The molecule has 0 spiro atoms. The van der Waals surface area contributed by atoms with Crippen molar-refractivity contribution in [3.8, 4) is 0 Å². The van der Waals surface area contributed by atoms with Crippen LogP contribution in [0.25, 0.3) is 0 Å². The van der Waals surface area contributed by atoms with Crippen molar-refractivity contribution in [2.75, 3.05) is 5.73 Å². The molecule has 0 radical (unpaired) electrons. The predicted octanol–water partition coefficient (Wildman–Crippen LogP) is 2.55. The molecule has 1 aromatic carbocycles. The molecule has 0 bridgehead atoms. The fourth-order valence-electron chi connectivity index (χ4n) is 1.53. The van der Waals surface area contributed by atoms with Gasteiger partial charge in [0.25, 0.3) is 0 Å². The molecule has 1 aromatic rings. The van der Waals surface area contributed by atoms with Gasteiger partial charge in [-0.3, -0.25) is 0 Å². The first-order valence-corrected chi connectivity index (χ1v) is 5.30. The van der Waals surface area contributed by atoms with Crippen LogP contribution in [0, 0.1) is 0 Å². The Balaban J connectivity index is 2.37. The van der Waals surface area contributed by atoms with Crippen LogP contribution in [-0.2, 0) is 6.54 Å². The zero-order valence-corrected chi connectivity index (χ0v) is 9.09. The van der Waals surface area contributed by atoms with Crippen LogP contribution in [0.15, 0.2) is 24.3 Å². The summed E-state index contributed by atoms with van der Waals surface area (Å²) < 4.78 is 0. The standard InChI is InChI=1S/C12H20N2/c1-3-5-10(2)14-9-11-6-4-7-12(13)8-11/h4,6-8,10,14H,3,5,9,13H2,1-2H3. The van der Waals surface area contributed by atoms with E-state index in [0.717, 1.165) is 12.2 Å². The highest BCUT2D eigenvalue weighted by molar-refractivity contribution is 5.40. The number of hydrogen-bond donors (Lipinski definition) is 2. The molecule has 0 fully saturated rings. The van der Waals surface area contributed by atoms with E-state index in [0.29, 0.717) is 6.04 Å². The van der Waals surface area contributed by atoms with Crippen LogP contribution in [0.4, 0.5) is 5.69 Å². The number of nitrogen functional groups attached to an aromatic ring is 1. The van der Waals surface area contributed by atoms with E-state index < -0.39 is 0 Å². The lowest BCUT2D eigenvalue weighted by molar-refractivity contribution is 0.508. The lowest BCUT2D eigenvalue weighted by atomic mass is 10.1. The molecule has 0 saturated carbocycles. The lowest BCUT2D eigenvalue weighted by Gasteiger charge is -2.12. The molecule has 0 amide bonds. The molecule has 0 saturated heterocycles. The van der Waals surface area contributed by atoms with Crippen molar-refractivity contribution < 1.29 is 0 Å². The Morgan fingerprint density at radius 3 is 2.86 bits per heavy atom. The van der Waals surface area contributed by atoms with Gasteiger partial charge in [0.2, 0.25) is 0 Å². The SMILES string of the molecule is CCCC(C)NCc1cccc(N)c1. The molecule has 2 nitrogen and oxygen atoms in total. The summed E-state index contributed by atoms with van der Waals surface area (Å²) in [6.07, 6.45) is 2.45. The minimum Gasteiger partial charge on any atom is -0.399 e. The summed E-state index contributed by atoms with van der Waals surface area (Å²) in [7, 11) is 0. The number of anilines is 1. The quantitative estimate of drug-likeness (QED) is 0.704. The highest BCUT2D eigenvalue weighted by atomic mass is 14.9. The zero-order chi connectivity index (χ0) is 10.4. The maximum Gasteiger partial charge on any atom is 0.0317 e. The lowest BCUT2D eigenvalue weighted by Crippen LogP contribution is -2.25. The largest absolute Gasteiger partial charge is 0.399 e. The second-order valence-electron chi connectivity index (χ2n) is 3.82. The molecule has 1 unspecified atom stereocenters. The Kier molecular flexibility index (Phi) is 4.47. The molecule has 78 valence electrons. The first-order valence-electron chi connectivity index (χ1n) is 5.30. The minimum atomic E-state index is 0.585. The third kappa shape index (κ3) is 3.79. The predicted molar refractivity (Wildman–Crippen MR) is 62.1 cm³/mol. The van der Waals surface area contributed by atoms with Crippen molar-refractivity contribution in [3.05, 3.63) is 29.8 Å². The smallest absolute Gasteiger partial charge is 0.0317 e. The fourth-order valence-corrected chi connectivity index (χ4v) is 1.53. The van der Waals surface area contributed by atoms with E-state index >= 15 is 0 Å². The molecular formula is C12H20N2. The van der Waals surface area contributed by atoms with Crippen LogP contribution in [0.5, 0.6) is 0 Å². The van der Waals surface area contributed by atoms with Crippen molar-refractivity contribution in [1.29, 1.82) is 0 Å². The van der Waals surface area contributed by atoms with Gasteiger partial charge >= 0.3 is 0 Å². The Morgan fingerprint density at radius 2 is 2.21 bits per heavy atom. The third-order valence-corrected chi connectivity index (χ3v) is 2.33. The number of benzene rings is 1. The zero-order valence-electron chi connectivity index (χ0n) is 9.09. The molecule has 1 rings (SSSR count). The molecule has 0 aliphatic heterocycles. The first-order chi connectivity index (χ1) is 6.72. The van der Waals surface area contributed by atoms with Gasteiger partial charge in [0, 0.05) is 18.3 Å². The van der Waals surface area contributed by atoms with Gasteiger partial charge in [-0.05, 0) is 31.0 Å². The van der Waals surface area contributed by atoms with Gasteiger partial charge in [-0.25, -0.2) is 0 Å². The highest BCUT2D eigenvalue weighted by Crippen LogP contribution is 2.06. The molecule has 0 aliphatic carbocycles. The van der Waals surface area contributed by atoms with Gasteiger partial charge in [-0.2, -0.15) is 0 Å². The van der Waals surface area contributed by atoms with E-state index in [2.05, 4.69) is 25.2 Å². The van der Waals surface area contributed by atoms with E-state index in [9.17, 15) is 0 Å². The topological polar surface area (TPSA) is 38.0 Å². The summed E-state index contributed by atoms with van der Waals surface area (Å²) in [5, 5.41) is 3.47. The van der Waals surface area contributed by atoms with Crippen molar-refractivity contribution in [3.63, 3.8) is 0 Å². The summed E-state index contributed by atoms with van der Waals surface area (Å²) in [4.78, 5) is 0. The van der Waals surface area contributed by atoms with Crippen LogP contribution in [0.3, 0.4) is 0 Å². The van der Waals surface area contributed by atoms with E-state index in [-0.39, 0.29) is 0 Å². The molecule has 1 atom stereocenters. The highest BCUT2D eigenvalue weighted by Gasteiger charge is 1.99. The van der Waals surface area contributed by atoms with Gasteiger partial charge in [-0.1, -0.05) is 25.5 Å². The third-order valence-electron chi connectivity index (χ3n) is 2.33. The number of nitrogens with two attached hydrogens (primary N) is 1. The Bertz CT molecular complexity index is 271. The van der Waals surface area contributed by atoms with Crippen molar-refractivity contribution in [1.82, 2.24) is 5.32 Å². The summed E-state index contributed by atoms with van der Waals surface area (Å²) in [6.45, 7) is 5.33. The molecular weight excluding hydrogens is 172 g/mol. The fraction of sp³-hybridized carbons (Fsp3) is 0.500. The van der Waals surface area contributed by atoms with Gasteiger partial charge in [0.15, 0.2) is 0 Å². The summed E-state index contributed by atoms with van der Waals surface area (Å²) in [6, 6.07) is 8.62. The van der Waals surface area contributed by atoms with E-state index in [1.165, 1.54) is 18.4 Å². The molecule has 14 heavy (non-hydrogen) atoms. The Hall–Kier alpha value is -1.02. The van der Waals surface area contributed by atoms with E-state index in [1.54, 1.807) is 0 Å². The number of rotatable bonds is 5. The maximum atomic E-state index is 5.70. The average Bonchev–Trinajstić information content (AvgIpc) is 2.15. The number of hydrogen-bond acceptors (Lipinski definition) is 2. The summed E-state index contributed by atoms with van der Waals surface area (Å²) in [5.41, 5.74) is 7.79. The van der Waals surface area contributed by atoms with E-state index in [1.807, 2.05) is 18.2 Å². The van der Waals surface area contributed by atoms with Gasteiger partial charge in [0.05, 0.1) is 0 Å². The molecule has 0 heterocycles. The van der Waals surface area contributed by atoms with Gasteiger partial charge < -0.3 is 11.1 Å². The Morgan fingerprint density at radius 1 is 1.43 bits per heavy atom. The number of nitrogens with one attached hydrogen (secondary N) is 1. The van der Waals surface area contributed by atoms with Crippen LogP contribution in [0.2, 0.25) is 0 Å².